The van der Waals surface area contributed by atoms with Crippen LogP contribution >= 0.6 is 11.6 Å². The lowest BCUT2D eigenvalue weighted by molar-refractivity contribution is 0.170. The molecule has 0 aromatic heterocycles. The summed E-state index contributed by atoms with van der Waals surface area (Å²) in [5.41, 5.74) is 4.69. The molecule has 5 nitrogen and oxygen atoms in total. The van der Waals surface area contributed by atoms with Crippen LogP contribution in [-0.2, 0) is 12.8 Å². The number of hydrogen-bond donors (Lipinski definition) is 3. The predicted molar refractivity (Wildman–Crippen MR) is 191 cm³/mol. The number of ether oxygens (including phenoxy) is 2. The quantitative estimate of drug-likeness (QED) is 0.0841. The van der Waals surface area contributed by atoms with Crippen LogP contribution in [0.15, 0.2) is 103 Å². The van der Waals surface area contributed by atoms with Crippen molar-refractivity contribution < 1.29 is 14.6 Å². The van der Waals surface area contributed by atoms with Gasteiger partial charge < -0.3 is 25.2 Å². The number of aliphatic hydroxyl groups excluding tert-OH is 1. The van der Waals surface area contributed by atoms with E-state index in [1.807, 2.05) is 30.3 Å². The van der Waals surface area contributed by atoms with Gasteiger partial charge in [-0.05, 0) is 118 Å². The highest BCUT2D eigenvalue weighted by molar-refractivity contribution is 6.30. The molecule has 4 aromatic rings. The van der Waals surface area contributed by atoms with E-state index in [0.717, 1.165) is 68.8 Å². The van der Waals surface area contributed by atoms with Gasteiger partial charge in [-0.25, -0.2) is 0 Å². The molecule has 0 amide bonds. The minimum Gasteiger partial charge on any atom is -0.494 e. The molecule has 0 aliphatic carbocycles. The van der Waals surface area contributed by atoms with Gasteiger partial charge in [-0.2, -0.15) is 0 Å². The van der Waals surface area contributed by atoms with E-state index >= 15 is 0 Å². The van der Waals surface area contributed by atoms with Crippen LogP contribution in [-0.4, -0.2) is 36.9 Å². The van der Waals surface area contributed by atoms with Gasteiger partial charge in [0, 0.05) is 29.7 Å². The summed E-state index contributed by atoms with van der Waals surface area (Å²) in [7, 11) is 0. The third kappa shape index (κ3) is 12.8. The van der Waals surface area contributed by atoms with Crippen molar-refractivity contribution in [3.8, 4) is 11.5 Å². The second-order valence-corrected chi connectivity index (χ2v) is 12.8. The Labute approximate surface area is 281 Å². The molecule has 0 unspecified atom stereocenters. The Morgan fingerprint density at radius 1 is 0.630 bits per heavy atom. The first-order valence-corrected chi connectivity index (χ1v) is 17.1. The molecule has 4 rings (SSSR count). The van der Waals surface area contributed by atoms with Crippen molar-refractivity contribution in [2.24, 2.45) is 0 Å². The molecule has 0 saturated heterocycles. The Hall–Kier alpha value is -3.35. The van der Waals surface area contributed by atoms with E-state index < -0.39 is 6.10 Å². The Balaban J connectivity index is 1.02. The average molecular weight is 643 g/mol. The third-order valence-corrected chi connectivity index (χ3v) is 8.47. The van der Waals surface area contributed by atoms with Gasteiger partial charge in [-0.15, -0.1) is 0 Å². The maximum absolute atomic E-state index is 10.4. The summed E-state index contributed by atoms with van der Waals surface area (Å²) in [6.07, 6.45) is 5.59. The molecule has 246 valence electrons. The SMILES string of the molecule is C[C@H](Cc1ccc(OCCCCCCOc2ccc(C[C@@H](C)N[C@H](C)c3ccccc3)cc2)cc1)NC[C@H](O)c1cccc(Cl)c1. The summed E-state index contributed by atoms with van der Waals surface area (Å²) < 4.78 is 12.0. The highest BCUT2D eigenvalue weighted by Gasteiger charge is 2.12. The number of nitrogens with one attached hydrogen (secondary N) is 2. The zero-order valence-electron chi connectivity index (χ0n) is 27.6. The van der Waals surface area contributed by atoms with Crippen molar-refractivity contribution in [2.45, 2.75) is 83.5 Å². The molecule has 3 N–H and O–H groups in total. The van der Waals surface area contributed by atoms with Gasteiger partial charge in [0.25, 0.3) is 0 Å². The van der Waals surface area contributed by atoms with Gasteiger partial charge in [0.05, 0.1) is 19.3 Å². The van der Waals surface area contributed by atoms with Gasteiger partial charge in [0.2, 0.25) is 0 Å². The van der Waals surface area contributed by atoms with Crippen LogP contribution in [0.4, 0.5) is 0 Å². The minimum absolute atomic E-state index is 0.231. The lowest BCUT2D eigenvalue weighted by atomic mass is 10.0. The highest BCUT2D eigenvalue weighted by Crippen LogP contribution is 2.19. The van der Waals surface area contributed by atoms with Crippen LogP contribution < -0.4 is 20.1 Å². The Morgan fingerprint density at radius 3 is 1.74 bits per heavy atom. The van der Waals surface area contributed by atoms with E-state index in [4.69, 9.17) is 21.1 Å². The van der Waals surface area contributed by atoms with Crippen LogP contribution in [0.25, 0.3) is 0 Å². The lowest BCUT2D eigenvalue weighted by Gasteiger charge is -2.20. The monoisotopic (exact) mass is 642 g/mol. The molecule has 46 heavy (non-hydrogen) atoms. The van der Waals surface area contributed by atoms with Gasteiger partial charge in [0.1, 0.15) is 11.5 Å². The molecule has 0 bridgehead atoms. The number of unbranched alkanes of at least 4 members (excludes halogenated alkanes) is 3. The molecule has 0 aliphatic rings. The molecular formula is C40H51ClN2O3. The van der Waals surface area contributed by atoms with Crippen molar-refractivity contribution in [3.05, 3.63) is 130 Å². The standard InChI is InChI=1S/C40H51ClN2O3/c1-30(42-29-40(44)36-14-11-15-37(41)28-36)26-33-16-20-38(21-17-33)45-24-9-4-5-10-25-46-39-22-18-34(19-23-39)27-31(2)43-32(3)35-12-7-6-8-13-35/h6-8,11-23,28,30-32,40,42-44H,4-5,9-10,24-27,29H2,1-3H3/t30-,31-,32-,40+/m1/s1. The van der Waals surface area contributed by atoms with Gasteiger partial charge in [0.15, 0.2) is 0 Å². The van der Waals surface area contributed by atoms with E-state index in [0.29, 0.717) is 23.7 Å². The average Bonchev–Trinajstić information content (AvgIpc) is 3.06. The minimum atomic E-state index is -0.584. The fourth-order valence-electron chi connectivity index (χ4n) is 5.63. The number of halogens is 1. The number of aliphatic hydroxyl groups is 1. The smallest absolute Gasteiger partial charge is 0.119 e. The van der Waals surface area contributed by atoms with Crippen LogP contribution in [0, 0.1) is 0 Å². The molecule has 0 aliphatic heterocycles. The van der Waals surface area contributed by atoms with E-state index in [-0.39, 0.29) is 6.04 Å². The first kappa shape index (κ1) is 35.5. The summed E-state index contributed by atoms with van der Waals surface area (Å²) in [5.74, 6) is 1.84. The van der Waals surface area contributed by atoms with E-state index in [1.165, 1.54) is 16.7 Å². The zero-order valence-corrected chi connectivity index (χ0v) is 28.4. The maximum atomic E-state index is 10.4. The van der Waals surface area contributed by atoms with E-state index in [1.54, 1.807) is 6.07 Å². The zero-order chi connectivity index (χ0) is 32.6. The first-order valence-electron chi connectivity index (χ1n) is 16.8. The molecule has 6 heteroatoms. The van der Waals surface area contributed by atoms with Gasteiger partial charge >= 0.3 is 0 Å². The Kier molecular flexibility index (Phi) is 14.9. The largest absolute Gasteiger partial charge is 0.494 e. The number of rotatable bonds is 20. The van der Waals surface area contributed by atoms with Crippen molar-refractivity contribution >= 4 is 11.6 Å². The second-order valence-electron chi connectivity index (χ2n) is 12.4. The molecule has 4 aromatic carbocycles. The van der Waals surface area contributed by atoms with Crippen LogP contribution in [0.5, 0.6) is 11.5 Å². The number of benzene rings is 4. The summed E-state index contributed by atoms with van der Waals surface area (Å²) in [5, 5.41) is 18.2. The van der Waals surface area contributed by atoms with E-state index in [9.17, 15) is 5.11 Å². The number of hydrogen-bond acceptors (Lipinski definition) is 5. The van der Waals surface area contributed by atoms with Crippen molar-refractivity contribution in [1.82, 2.24) is 10.6 Å². The lowest BCUT2D eigenvalue weighted by Crippen LogP contribution is -2.32. The van der Waals surface area contributed by atoms with Crippen LogP contribution in [0.1, 0.15) is 80.9 Å². The maximum Gasteiger partial charge on any atom is 0.119 e. The summed E-state index contributed by atoms with van der Waals surface area (Å²) in [6.45, 7) is 8.53. The second kappa shape index (κ2) is 19.3. The normalized spacial score (nSPS) is 13.9. The summed E-state index contributed by atoms with van der Waals surface area (Å²) >= 11 is 6.04. The molecular weight excluding hydrogens is 592 g/mol. The molecule has 0 heterocycles. The molecule has 0 saturated carbocycles. The predicted octanol–water partition coefficient (Wildman–Crippen LogP) is 8.89. The molecule has 0 spiro atoms. The third-order valence-electron chi connectivity index (χ3n) is 8.23. The topological polar surface area (TPSA) is 62.8 Å². The Bertz CT molecular complexity index is 1400. The van der Waals surface area contributed by atoms with E-state index in [2.05, 4.69) is 98.1 Å². The van der Waals surface area contributed by atoms with Gasteiger partial charge in [-0.3, -0.25) is 0 Å². The van der Waals surface area contributed by atoms with Gasteiger partial charge in [-0.1, -0.05) is 78.3 Å². The fraction of sp³-hybridized carbons (Fsp3) is 0.400. The highest BCUT2D eigenvalue weighted by atomic mass is 35.5. The van der Waals surface area contributed by atoms with Crippen LogP contribution in [0.2, 0.25) is 5.02 Å². The van der Waals surface area contributed by atoms with Crippen molar-refractivity contribution in [1.29, 1.82) is 0 Å². The molecule has 4 atom stereocenters. The molecule has 0 radical (unpaired) electrons. The van der Waals surface area contributed by atoms with Crippen LogP contribution in [0.3, 0.4) is 0 Å². The Morgan fingerprint density at radius 2 is 1.17 bits per heavy atom. The first-order chi connectivity index (χ1) is 22.4. The summed E-state index contributed by atoms with van der Waals surface area (Å²) in [4.78, 5) is 0. The van der Waals surface area contributed by atoms with Crippen molar-refractivity contribution in [3.63, 3.8) is 0 Å². The van der Waals surface area contributed by atoms with Crippen molar-refractivity contribution in [2.75, 3.05) is 19.8 Å². The molecule has 0 fully saturated rings. The fourth-order valence-corrected chi connectivity index (χ4v) is 5.83. The summed E-state index contributed by atoms with van der Waals surface area (Å²) in [6, 6.07) is 35.8.